The number of carboxylic acids is 1. The molecule has 0 amide bonds. The van der Waals surface area contributed by atoms with Gasteiger partial charge in [0.25, 0.3) is 0 Å². The first kappa shape index (κ1) is 11.1. The lowest BCUT2D eigenvalue weighted by atomic mass is 10.1. The van der Waals surface area contributed by atoms with Crippen LogP contribution in [-0.4, -0.2) is 34.5 Å². The van der Waals surface area contributed by atoms with Crippen molar-refractivity contribution in [1.82, 2.24) is 4.57 Å². The fourth-order valence-corrected chi connectivity index (χ4v) is 3.10. The second-order valence-corrected chi connectivity index (χ2v) is 4.52. The number of aromatic carboxylic acids is 1. The summed E-state index contributed by atoms with van der Waals surface area (Å²) in [7, 11) is 1.25. The molecule has 0 radical (unpaired) electrons. The van der Waals surface area contributed by atoms with Crippen LogP contribution in [0.1, 0.15) is 26.4 Å². The number of methoxy groups -OCH3 is 1. The SMILES string of the molecule is COC(=O)c1c(C(=O)O)c2n(c1C)CCS2. The lowest BCUT2D eigenvalue weighted by molar-refractivity contribution is 0.0581. The third kappa shape index (κ3) is 1.41. The maximum Gasteiger partial charge on any atom is 0.340 e. The highest BCUT2D eigenvalue weighted by Crippen LogP contribution is 2.36. The van der Waals surface area contributed by atoms with Crippen LogP contribution in [0, 0.1) is 6.92 Å². The molecular weight excluding hydrogens is 230 g/mol. The standard InChI is InChI=1S/C10H11NO4S/c1-5-6(10(14)15-2)7(9(12)13)8-11(5)3-4-16-8/h3-4H2,1-2H3,(H,12,13). The topological polar surface area (TPSA) is 68.5 Å². The molecule has 2 heterocycles. The Morgan fingerprint density at radius 3 is 2.69 bits per heavy atom. The van der Waals surface area contributed by atoms with Crippen LogP contribution < -0.4 is 0 Å². The Labute approximate surface area is 96.4 Å². The zero-order valence-electron chi connectivity index (χ0n) is 8.94. The van der Waals surface area contributed by atoms with Crippen LogP contribution >= 0.6 is 11.8 Å². The van der Waals surface area contributed by atoms with E-state index in [1.165, 1.54) is 18.9 Å². The number of carbonyl (C=O) groups excluding carboxylic acids is 1. The molecule has 16 heavy (non-hydrogen) atoms. The van der Waals surface area contributed by atoms with Gasteiger partial charge in [0.05, 0.1) is 17.7 Å². The molecule has 0 spiro atoms. The van der Waals surface area contributed by atoms with Crippen molar-refractivity contribution in [3.63, 3.8) is 0 Å². The summed E-state index contributed by atoms with van der Waals surface area (Å²) in [6.45, 7) is 2.48. The van der Waals surface area contributed by atoms with Crippen LogP contribution in [0.5, 0.6) is 0 Å². The molecule has 0 fully saturated rings. The van der Waals surface area contributed by atoms with Crippen LogP contribution in [0.25, 0.3) is 0 Å². The Morgan fingerprint density at radius 2 is 2.12 bits per heavy atom. The number of rotatable bonds is 2. The first-order chi connectivity index (χ1) is 7.57. The van der Waals surface area contributed by atoms with Gasteiger partial charge in [-0.25, -0.2) is 9.59 Å². The third-order valence-corrected chi connectivity index (χ3v) is 3.72. The van der Waals surface area contributed by atoms with Crippen LogP contribution in [0.15, 0.2) is 5.03 Å². The van der Waals surface area contributed by atoms with Gasteiger partial charge in [-0.2, -0.15) is 0 Å². The zero-order valence-corrected chi connectivity index (χ0v) is 9.76. The van der Waals surface area contributed by atoms with Crippen molar-refractivity contribution in [2.45, 2.75) is 18.5 Å². The summed E-state index contributed by atoms with van der Waals surface area (Å²) in [5.41, 5.74) is 0.924. The van der Waals surface area contributed by atoms with E-state index in [4.69, 9.17) is 5.11 Å². The summed E-state index contributed by atoms with van der Waals surface area (Å²) in [5, 5.41) is 9.81. The van der Waals surface area contributed by atoms with Crippen molar-refractivity contribution in [2.24, 2.45) is 0 Å². The van der Waals surface area contributed by atoms with Crippen LogP contribution in [0.2, 0.25) is 0 Å². The lowest BCUT2D eigenvalue weighted by Gasteiger charge is -2.02. The average Bonchev–Trinajstić information content (AvgIpc) is 2.79. The Kier molecular flexibility index (Phi) is 2.67. The van der Waals surface area contributed by atoms with Gasteiger partial charge in [0.1, 0.15) is 5.56 Å². The Morgan fingerprint density at radius 1 is 1.44 bits per heavy atom. The van der Waals surface area contributed by atoms with E-state index in [1.54, 1.807) is 6.92 Å². The molecule has 6 heteroatoms. The minimum atomic E-state index is -1.08. The van der Waals surface area contributed by atoms with Gasteiger partial charge in [0.15, 0.2) is 0 Å². The van der Waals surface area contributed by atoms with Gasteiger partial charge in [-0.3, -0.25) is 0 Å². The third-order valence-electron chi connectivity index (χ3n) is 2.63. The minimum absolute atomic E-state index is 0.0758. The number of nitrogens with zero attached hydrogens (tertiary/aromatic N) is 1. The summed E-state index contributed by atoms with van der Waals surface area (Å²) in [4.78, 5) is 22.7. The maximum absolute atomic E-state index is 11.6. The van der Waals surface area contributed by atoms with E-state index in [1.807, 2.05) is 4.57 Å². The van der Waals surface area contributed by atoms with Crippen molar-refractivity contribution in [2.75, 3.05) is 12.9 Å². The molecule has 0 atom stereocenters. The molecule has 0 saturated heterocycles. The molecule has 1 aliphatic heterocycles. The summed E-state index contributed by atoms with van der Waals surface area (Å²) in [6, 6.07) is 0. The largest absolute Gasteiger partial charge is 0.478 e. The van der Waals surface area contributed by atoms with Gasteiger partial charge in [-0.15, -0.1) is 11.8 Å². The number of carboxylic acid groups (broad SMARTS) is 1. The number of thioether (sulfide) groups is 1. The van der Waals surface area contributed by atoms with Crippen LogP contribution in [0.3, 0.4) is 0 Å². The fourth-order valence-electron chi connectivity index (χ4n) is 1.91. The number of esters is 1. The number of hydrogen-bond donors (Lipinski definition) is 1. The number of aromatic nitrogens is 1. The van der Waals surface area contributed by atoms with Gasteiger partial charge >= 0.3 is 11.9 Å². The summed E-state index contributed by atoms with van der Waals surface area (Å²) >= 11 is 1.46. The summed E-state index contributed by atoms with van der Waals surface area (Å²) in [5.74, 6) is -0.818. The predicted octanol–water partition coefficient (Wildman–Crippen LogP) is 1.39. The molecule has 0 aliphatic carbocycles. The Bertz CT molecular complexity index is 478. The first-order valence-electron chi connectivity index (χ1n) is 4.75. The molecule has 0 aromatic carbocycles. The highest BCUT2D eigenvalue weighted by Gasteiger charge is 2.32. The normalized spacial score (nSPS) is 13.6. The highest BCUT2D eigenvalue weighted by atomic mass is 32.2. The van der Waals surface area contributed by atoms with Gasteiger partial charge in [0.2, 0.25) is 0 Å². The van der Waals surface area contributed by atoms with E-state index in [9.17, 15) is 9.59 Å². The van der Waals surface area contributed by atoms with E-state index < -0.39 is 11.9 Å². The molecule has 0 saturated carbocycles. The van der Waals surface area contributed by atoms with E-state index >= 15 is 0 Å². The minimum Gasteiger partial charge on any atom is -0.478 e. The molecule has 86 valence electrons. The van der Waals surface area contributed by atoms with E-state index in [0.717, 1.165) is 12.3 Å². The van der Waals surface area contributed by atoms with Crippen molar-refractivity contribution < 1.29 is 19.4 Å². The summed E-state index contributed by atoms with van der Waals surface area (Å²) < 4.78 is 6.48. The Balaban J connectivity index is 2.68. The molecule has 1 aliphatic rings. The second kappa shape index (κ2) is 3.86. The molecule has 1 N–H and O–H groups in total. The van der Waals surface area contributed by atoms with E-state index in [0.29, 0.717) is 10.7 Å². The molecule has 2 rings (SSSR count). The number of ether oxygens (including phenoxy) is 1. The van der Waals surface area contributed by atoms with Crippen molar-refractivity contribution in [3.05, 3.63) is 16.8 Å². The second-order valence-electron chi connectivity index (χ2n) is 3.44. The van der Waals surface area contributed by atoms with E-state index in [2.05, 4.69) is 4.74 Å². The molecule has 0 bridgehead atoms. The summed E-state index contributed by atoms with van der Waals surface area (Å²) in [6.07, 6.45) is 0. The molecular formula is C10H11NO4S. The number of fused-ring (bicyclic) bond motifs is 1. The zero-order chi connectivity index (χ0) is 11.9. The monoisotopic (exact) mass is 241 g/mol. The van der Waals surface area contributed by atoms with Crippen molar-refractivity contribution in [3.8, 4) is 0 Å². The van der Waals surface area contributed by atoms with Gasteiger partial charge in [-0.05, 0) is 6.92 Å². The average molecular weight is 241 g/mol. The van der Waals surface area contributed by atoms with Gasteiger partial charge in [-0.1, -0.05) is 0 Å². The fraction of sp³-hybridized carbons (Fsp3) is 0.400. The highest BCUT2D eigenvalue weighted by molar-refractivity contribution is 7.99. The van der Waals surface area contributed by atoms with Gasteiger partial charge in [0, 0.05) is 18.0 Å². The van der Waals surface area contributed by atoms with Crippen LogP contribution in [-0.2, 0) is 11.3 Å². The smallest absolute Gasteiger partial charge is 0.340 e. The van der Waals surface area contributed by atoms with Crippen LogP contribution in [0.4, 0.5) is 0 Å². The van der Waals surface area contributed by atoms with Crippen molar-refractivity contribution >= 4 is 23.7 Å². The van der Waals surface area contributed by atoms with Crippen molar-refractivity contribution in [1.29, 1.82) is 0 Å². The molecule has 0 unspecified atom stereocenters. The molecule has 1 aromatic heterocycles. The number of carbonyl (C=O) groups is 2. The lowest BCUT2D eigenvalue weighted by Crippen LogP contribution is -2.10. The quantitative estimate of drug-likeness (QED) is 0.792. The predicted molar refractivity (Wildman–Crippen MR) is 58.2 cm³/mol. The molecule has 5 nitrogen and oxygen atoms in total. The van der Waals surface area contributed by atoms with E-state index in [-0.39, 0.29) is 11.1 Å². The number of hydrogen-bond acceptors (Lipinski definition) is 4. The van der Waals surface area contributed by atoms with Gasteiger partial charge < -0.3 is 14.4 Å². The first-order valence-corrected chi connectivity index (χ1v) is 5.74. The maximum atomic E-state index is 11.6. The molecule has 1 aromatic rings. The Hall–Kier alpha value is -1.43.